The van der Waals surface area contributed by atoms with Crippen LogP contribution in [0.25, 0.3) is 0 Å². The number of thioether (sulfide) groups is 1. The molecule has 1 aromatic heterocycles. The van der Waals surface area contributed by atoms with Crippen LogP contribution in [0.2, 0.25) is 0 Å². The summed E-state index contributed by atoms with van der Waals surface area (Å²) in [6.07, 6.45) is 12.9. The minimum absolute atomic E-state index is 0.0375. The van der Waals surface area contributed by atoms with Crippen molar-refractivity contribution in [3.63, 3.8) is 0 Å². The number of hydrogen-bond acceptors (Lipinski definition) is 3. The summed E-state index contributed by atoms with van der Waals surface area (Å²) < 4.78 is 2.46. The van der Waals surface area contributed by atoms with Gasteiger partial charge in [-0.05, 0) is 95.1 Å². The molecule has 2 aliphatic heterocycles. The van der Waals surface area contributed by atoms with Crippen molar-refractivity contribution in [2.24, 2.45) is 22.7 Å². The smallest absolute Gasteiger partial charge is 0.114 e. The Morgan fingerprint density at radius 3 is 2.32 bits per heavy atom. The van der Waals surface area contributed by atoms with Crippen LogP contribution < -0.4 is 0 Å². The van der Waals surface area contributed by atoms with Crippen molar-refractivity contribution in [1.82, 2.24) is 14.5 Å². The molecular weight excluding hydrogens is 482 g/mol. The normalized spacial score (nSPS) is 31.6. The lowest BCUT2D eigenvalue weighted by Crippen LogP contribution is -2.58. The van der Waals surface area contributed by atoms with Gasteiger partial charge in [0.2, 0.25) is 0 Å². The lowest BCUT2D eigenvalue weighted by molar-refractivity contribution is -0.0291. The largest absolute Gasteiger partial charge is 0.329 e. The van der Waals surface area contributed by atoms with E-state index >= 15 is 0 Å². The van der Waals surface area contributed by atoms with Crippen molar-refractivity contribution in [2.45, 2.75) is 150 Å². The van der Waals surface area contributed by atoms with Crippen LogP contribution in [0, 0.1) is 22.7 Å². The third-order valence-corrected chi connectivity index (χ3v) is 11.4. The van der Waals surface area contributed by atoms with E-state index < -0.39 is 0 Å². The van der Waals surface area contributed by atoms with Gasteiger partial charge in [0.05, 0.1) is 5.69 Å². The Kier molecular flexibility index (Phi) is 8.42. The Morgan fingerprint density at radius 2 is 1.79 bits per heavy atom. The molecule has 5 atom stereocenters. The third kappa shape index (κ3) is 6.12. The van der Waals surface area contributed by atoms with E-state index in [9.17, 15) is 0 Å². The van der Waals surface area contributed by atoms with Crippen molar-refractivity contribution < 1.29 is 0 Å². The number of imidazole rings is 1. The average Bonchev–Trinajstić information content (AvgIpc) is 3.33. The monoisotopic (exact) mass is 541 g/mol. The Bertz CT molecular complexity index is 972. The summed E-state index contributed by atoms with van der Waals surface area (Å²) in [6.45, 7) is 30.1. The number of hydrogen-bond donors (Lipinski definition) is 0. The van der Waals surface area contributed by atoms with Crippen LogP contribution in [0.15, 0.2) is 17.8 Å². The predicted octanol–water partition coefficient (Wildman–Crippen LogP) is 8.86. The van der Waals surface area contributed by atoms with Crippen molar-refractivity contribution in [2.75, 3.05) is 12.3 Å². The summed E-state index contributed by atoms with van der Waals surface area (Å²) in [7, 11) is 0. The number of likely N-dealkylation sites (tertiary alicyclic amines) is 1. The Labute approximate surface area is 240 Å². The maximum atomic E-state index is 5.34. The highest BCUT2D eigenvalue weighted by Crippen LogP contribution is 2.53. The standard InChI is InChI=1S/C34H59N3S/c1-23(2)36-16-14-29(36)33(10,11)20-25-18-27-24(3)38-17-13-15-34(12,28(27)19-25)21-26-22-37(32(7,8)9)30(35-26)31(4,5)6/h19,22-25,27,29H,13-18,20-21H2,1-12H3. The molecule has 4 heteroatoms. The fourth-order valence-electron chi connectivity index (χ4n) is 7.95. The number of nitrogens with zero attached hydrogens (tertiary/aromatic N) is 3. The molecule has 0 radical (unpaired) electrons. The van der Waals surface area contributed by atoms with Crippen LogP contribution in [-0.2, 0) is 17.4 Å². The van der Waals surface area contributed by atoms with Crippen molar-refractivity contribution in [3.8, 4) is 0 Å². The molecule has 0 spiro atoms. The Hall–Kier alpha value is -0.740. The first kappa shape index (κ1) is 30.2. The van der Waals surface area contributed by atoms with Crippen molar-refractivity contribution in [3.05, 3.63) is 29.4 Å². The topological polar surface area (TPSA) is 21.1 Å². The van der Waals surface area contributed by atoms with E-state index in [1.54, 1.807) is 5.57 Å². The van der Waals surface area contributed by atoms with Crippen LogP contribution >= 0.6 is 11.8 Å². The summed E-state index contributed by atoms with van der Waals surface area (Å²) >= 11 is 2.23. The highest BCUT2D eigenvalue weighted by Gasteiger charge is 2.46. The number of fused-ring (bicyclic) bond motifs is 1. The maximum absolute atomic E-state index is 5.34. The summed E-state index contributed by atoms with van der Waals surface area (Å²) in [5.74, 6) is 3.94. The first-order chi connectivity index (χ1) is 17.4. The zero-order chi connectivity index (χ0) is 28.3. The molecule has 3 nitrogen and oxygen atoms in total. The molecule has 0 aromatic carbocycles. The second-order valence-corrected chi connectivity index (χ2v) is 17.8. The second kappa shape index (κ2) is 10.6. The first-order valence-electron chi connectivity index (χ1n) is 15.6. The fraction of sp³-hybridized carbons (Fsp3) is 0.853. The number of rotatable bonds is 6. The van der Waals surface area contributed by atoms with E-state index in [0.717, 1.165) is 12.5 Å². The Balaban J connectivity index is 1.64. The van der Waals surface area contributed by atoms with Gasteiger partial charge < -0.3 is 4.57 Å². The molecule has 0 amide bonds. The fourth-order valence-corrected chi connectivity index (χ4v) is 9.12. The summed E-state index contributed by atoms with van der Waals surface area (Å²) in [5, 5.41) is 0.710. The zero-order valence-corrected chi connectivity index (χ0v) is 27.8. The third-order valence-electron chi connectivity index (χ3n) is 10.0. The maximum Gasteiger partial charge on any atom is 0.114 e. The van der Waals surface area contributed by atoms with Crippen LogP contribution in [0.3, 0.4) is 0 Å². The molecule has 216 valence electrons. The lowest BCUT2D eigenvalue weighted by Gasteiger charge is -2.52. The van der Waals surface area contributed by atoms with E-state index in [-0.39, 0.29) is 16.4 Å². The van der Waals surface area contributed by atoms with E-state index in [0.29, 0.717) is 28.5 Å². The molecule has 4 rings (SSSR count). The first-order valence-corrected chi connectivity index (χ1v) is 16.7. The van der Waals surface area contributed by atoms with E-state index in [2.05, 4.69) is 117 Å². The van der Waals surface area contributed by atoms with Gasteiger partial charge in [-0.25, -0.2) is 4.98 Å². The van der Waals surface area contributed by atoms with Gasteiger partial charge in [0.15, 0.2) is 0 Å². The molecule has 2 fully saturated rings. The van der Waals surface area contributed by atoms with Gasteiger partial charge in [0.1, 0.15) is 5.82 Å². The summed E-state index contributed by atoms with van der Waals surface area (Å²) in [4.78, 5) is 8.09. The molecule has 3 aliphatic rings. The summed E-state index contributed by atoms with van der Waals surface area (Å²) in [6, 6.07) is 1.40. The van der Waals surface area contributed by atoms with Gasteiger partial charge in [-0.1, -0.05) is 60.1 Å². The molecular formula is C34H59N3S. The zero-order valence-electron chi connectivity index (χ0n) is 26.9. The molecule has 1 aliphatic carbocycles. The van der Waals surface area contributed by atoms with Gasteiger partial charge in [0.25, 0.3) is 0 Å². The molecule has 0 N–H and O–H groups in total. The molecule has 5 unspecified atom stereocenters. The molecule has 38 heavy (non-hydrogen) atoms. The average molecular weight is 542 g/mol. The Morgan fingerprint density at radius 1 is 1.11 bits per heavy atom. The van der Waals surface area contributed by atoms with E-state index in [4.69, 9.17) is 4.98 Å². The quantitative estimate of drug-likeness (QED) is 0.336. The van der Waals surface area contributed by atoms with Gasteiger partial charge >= 0.3 is 0 Å². The molecule has 0 saturated carbocycles. The molecule has 3 heterocycles. The van der Waals surface area contributed by atoms with Crippen LogP contribution in [-0.4, -0.2) is 44.1 Å². The van der Waals surface area contributed by atoms with Gasteiger partial charge in [-0.3, -0.25) is 4.90 Å². The minimum Gasteiger partial charge on any atom is -0.329 e. The number of allylic oxidation sites excluding steroid dienone is 2. The van der Waals surface area contributed by atoms with Gasteiger partial charge in [-0.2, -0.15) is 11.8 Å². The van der Waals surface area contributed by atoms with Crippen LogP contribution in [0.1, 0.15) is 127 Å². The lowest BCUT2D eigenvalue weighted by atomic mass is 9.70. The van der Waals surface area contributed by atoms with E-state index in [1.165, 1.54) is 55.9 Å². The highest BCUT2D eigenvalue weighted by molar-refractivity contribution is 7.99. The number of aromatic nitrogens is 2. The SMILES string of the molecule is CC1SCCCC(C)(Cc2cn(C(C)(C)C)c(C(C)(C)C)n2)C2=CC(CC(C)(C)C3CCN3C(C)C)CC21. The molecule has 2 saturated heterocycles. The predicted molar refractivity (Wildman–Crippen MR) is 167 cm³/mol. The van der Waals surface area contributed by atoms with Crippen molar-refractivity contribution >= 4 is 11.8 Å². The second-order valence-electron chi connectivity index (χ2n) is 16.3. The highest BCUT2D eigenvalue weighted by atomic mass is 32.2. The van der Waals surface area contributed by atoms with Crippen LogP contribution in [0.4, 0.5) is 0 Å². The van der Waals surface area contributed by atoms with Gasteiger partial charge in [-0.15, -0.1) is 0 Å². The van der Waals surface area contributed by atoms with Crippen LogP contribution in [0.5, 0.6) is 0 Å². The van der Waals surface area contributed by atoms with E-state index in [1.807, 2.05) is 0 Å². The molecule has 1 aromatic rings. The minimum atomic E-state index is 0.0375. The summed E-state index contributed by atoms with van der Waals surface area (Å²) in [5.41, 5.74) is 3.71. The van der Waals surface area contributed by atoms with Gasteiger partial charge in [0, 0.05) is 47.4 Å². The van der Waals surface area contributed by atoms with Crippen molar-refractivity contribution in [1.29, 1.82) is 0 Å². The molecule has 0 bridgehead atoms.